The molecule has 3 N–H and O–H groups in total. The van der Waals surface area contributed by atoms with Crippen LogP contribution >= 0.6 is 0 Å². The van der Waals surface area contributed by atoms with Crippen molar-refractivity contribution < 1.29 is 23.4 Å². The average molecular weight is 467 g/mol. The number of hydrogen-bond acceptors (Lipinski definition) is 8. The van der Waals surface area contributed by atoms with E-state index in [1.165, 1.54) is 30.3 Å². The number of aryl methyl sites for hydroxylation is 1. The number of nitrogens with two attached hydrogens (primary N) is 1. The summed E-state index contributed by atoms with van der Waals surface area (Å²) in [5.41, 5.74) is 5.54. The Balaban J connectivity index is 1.75. The van der Waals surface area contributed by atoms with Crippen molar-refractivity contribution in [3.05, 3.63) is 65.0 Å². The molecule has 1 aliphatic heterocycles. The molecule has 1 aromatic heterocycles. The highest BCUT2D eigenvalue weighted by Gasteiger charge is 2.22. The van der Waals surface area contributed by atoms with E-state index in [0.29, 0.717) is 37.9 Å². The van der Waals surface area contributed by atoms with Gasteiger partial charge in [-0.3, -0.25) is 0 Å². The van der Waals surface area contributed by atoms with Crippen molar-refractivity contribution >= 4 is 5.82 Å². The number of aliphatic hydroxyl groups excluding tert-OH is 1. The van der Waals surface area contributed by atoms with Crippen LogP contribution in [-0.2, 0) is 4.74 Å². The molecule has 0 radical (unpaired) electrons. The van der Waals surface area contributed by atoms with E-state index in [1.807, 2.05) is 11.0 Å². The molecule has 176 valence electrons. The van der Waals surface area contributed by atoms with Crippen LogP contribution in [0.25, 0.3) is 11.1 Å². The summed E-state index contributed by atoms with van der Waals surface area (Å²) in [5.74, 6) is -0.918. The first-order valence-corrected chi connectivity index (χ1v) is 10.7. The highest BCUT2D eigenvalue weighted by atomic mass is 19.2. The minimum Gasteiger partial charge on any atom is -0.438 e. The number of morpholine rings is 1. The third-order valence-corrected chi connectivity index (χ3v) is 5.45. The van der Waals surface area contributed by atoms with E-state index in [2.05, 4.69) is 9.97 Å². The Kier molecular flexibility index (Phi) is 6.98. The fourth-order valence-corrected chi connectivity index (χ4v) is 3.70. The van der Waals surface area contributed by atoms with Gasteiger partial charge in [0, 0.05) is 42.4 Å². The van der Waals surface area contributed by atoms with Crippen molar-refractivity contribution in [2.24, 2.45) is 5.73 Å². The van der Waals surface area contributed by atoms with Gasteiger partial charge in [-0.1, -0.05) is 12.1 Å². The number of nitrogens with zero attached hydrogens (tertiary/aromatic N) is 4. The first kappa shape index (κ1) is 23.5. The van der Waals surface area contributed by atoms with Gasteiger partial charge >= 0.3 is 0 Å². The molecule has 4 rings (SSSR count). The maximum absolute atomic E-state index is 15.0. The summed E-state index contributed by atoms with van der Waals surface area (Å²) in [7, 11) is 0. The highest BCUT2D eigenvalue weighted by Crippen LogP contribution is 2.37. The topological polar surface area (TPSA) is 118 Å². The lowest BCUT2D eigenvalue weighted by molar-refractivity contribution is 0.122. The van der Waals surface area contributed by atoms with Crippen molar-refractivity contribution in [1.29, 1.82) is 5.26 Å². The van der Waals surface area contributed by atoms with Crippen LogP contribution in [0.15, 0.2) is 36.4 Å². The normalized spacial score (nSPS) is 14.5. The van der Waals surface area contributed by atoms with Gasteiger partial charge in [0.25, 0.3) is 0 Å². The summed E-state index contributed by atoms with van der Waals surface area (Å²) in [6, 6.07) is 10.7. The number of halogens is 2. The first-order valence-electron chi connectivity index (χ1n) is 10.7. The molecule has 1 aliphatic rings. The molecule has 8 nitrogen and oxygen atoms in total. The smallest absolute Gasteiger partial charge is 0.224 e. The number of benzene rings is 2. The summed E-state index contributed by atoms with van der Waals surface area (Å²) < 4.78 is 41.1. The maximum Gasteiger partial charge on any atom is 0.224 e. The van der Waals surface area contributed by atoms with E-state index >= 15 is 4.39 Å². The molecule has 2 heterocycles. The molecule has 2 aromatic carbocycles. The molecule has 1 unspecified atom stereocenters. The van der Waals surface area contributed by atoms with Crippen molar-refractivity contribution in [2.75, 3.05) is 37.7 Å². The van der Waals surface area contributed by atoms with Gasteiger partial charge in [-0.25, -0.2) is 13.8 Å². The van der Waals surface area contributed by atoms with E-state index in [1.54, 1.807) is 13.0 Å². The predicted octanol–water partition coefficient (Wildman–Crippen LogP) is 3.22. The maximum atomic E-state index is 15.0. The number of rotatable bonds is 6. The third-order valence-electron chi connectivity index (χ3n) is 5.45. The second kappa shape index (κ2) is 10.1. The molecule has 34 heavy (non-hydrogen) atoms. The zero-order valence-corrected chi connectivity index (χ0v) is 18.5. The van der Waals surface area contributed by atoms with Crippen LogP contribution in [0.1, 0.15) is 23.1 Å². The molecule has 0 bridgehead atoms. The Morgan fingerprint density at radius 3 is 2.59 bits per heavy atom. The van der Waals surface area contributed by atoms with Gasteiger partial charge in [-0.05, 0) is 25.1 Å². The van der Waals surface area contributed by atoms with E-state index in [-0.39, 0.29) is 40.4 Å². The van der Waals surface area contributed by atoms with Crippen LogP contribution in [-0.4, -0.2) is 47.9 Å². The van der Waals surface area contributed by atoms with E-state index < -0.39 is 17.7 Å². The van der Waals surface area contributed by atoms with Gasteiger partial charge in [0.15, 0.2) is 11.6 Å². The third kappa shape index (κ3) is 4.82. The molecular formula is C24H23F2N5O3. The van der Waals surface area contributed by atoms with Crippen molar-refractivity contribution in [3.8, 4) is 28.8 Å². The second-order valence-electron chi connectivity index (χ2n) is 7.72. The number of aliphatic hydroxyl groups is 1. The number of nitriles is 1. The summed E-state index contributed by atoms with van der Waals surface area (Å²) in [6.07, 6.45) is -1.33. The quantitative estimate of drug-likeness (QED) is 0.568. The molecule has 10 heteroatoms. The average Bonchev–Trinajstić information content (AvgIpc) is 2.85. The fourth-order valence-electron chi connectivity index (χ4n) is 3.70. The monoisotopic (exact) mass is 467 g/mol. The van der Waals surface area contributed by atoms with Gasteiger partial charge in [0.05, 0.1) is 31.0 Å². The molecule has 0 saturated carbocycles. The molecule has 0 aliphatic carbocycles. The summed E-state index contributed by atoms with van der Waals surface area (Å²) in [4.78, 5) is 10.8. The van der Waals surface area contributed by atoms with E-state index in [0.717, 1.165) is 0 Å². The minimum atomic E-state index is -1.33. The predicted molar refractivity (Wildman–Crippen MR) is 120 cm³/mol. The zero-order chi connectivity index (χ0) is 24.2. The van der Waals surface area contributed by atoms with Gasteiger partial charge in [0.1, 0.15) is 17.4 Å². The van der Waals surface area contributed by atoms with Crippen molar-refractivity contribution in [2.45, 2.75) is 13.0 Å². The van der Waals surface area contributed by atoms with Crippen LogP contribution in [0.5, 0.6) is 11.6 Å². The number of aromatic nitrogens is 2. The second-order valence-corrected chi connectivity index (χ2v) is 7.72. The van der Waals surface area contributed by atoms with Crippen LogP contribution in [0.4, 0.5) is 14.6 Å². The molecular weight excluding hydrogens is 444 g/mol. The molecule has 1 saturated heterocycles. The lowest BCUT2D eigenvalue weighted by atomic mass is 9.98. The Hall–Kier alpha value is -3.65. The minimum absolute atomic E-state index is 0.0934. The largest absolute Gasteiger partial charge is 0.438 e. The van der Waals surface area contributed by atoms with E-state index in [9.17, 15) is 14.8 Å². The molecule has 1 fully saturated rings. The van der Waals surface area contributed by atoms with Gasteiger partial charge in [-0.15, -0.1) is 0 Å². The lowest BCUT2D eigenvalue weighted by Gasteiger charge is -2.28. The Morgan fingerprint density at radius 2 is 1.88 bits per heavy atom. The van der Waals surface area contributed by atoms with Gasteiger partial charge in [0.2, 0.25) is 5.88 Å². The molecule has 1 atom stereocenters. The zero-order valence-electron chi connectivity index (χ0n) is 18.5. The summed E-state index contributed by atoms with van der Waals surface area (Å²) >= 11 is 0. The Bertz CT molecular complexity index is 1240. The number of anilines is 1. The van der Waals surface area contributed by atoms with Gasteiger partial charge in [-0.2, -0.15) is 10.2 Å². The van der Waals surface area contributed by atoms with Crippen molar-refractivity contribution in [1.82, 2.24) is 9.97 Å². The van der Waals surface area contributed by atoms with Crippen molar-refractivity contribution in [3.63, 3.8) is 0 Å². The van der Waals surface area contributed by atoms with Crippen LogP contribution < -0.4 is 15.4 Å². The number of ether oxygens (including phenoxy) is 2. The van der Waals surface area contributed by atoms with Crippen LogP contribution in [0, 0.1) is 29.9 Å². The fraction of sp³-hybridized carbons (Fsp3) is 0.292. The first-order chi connectivity index (χ1) is 16.4. The van der Waals surface area contributed by atoms with Crippen LogP contribution in [0.3, 0.4) is 0 Å². The van der Waals surface area contributed by atoms with E-state index in [4.69, 9.17) is 15.2 Å². The summed E-state index contributed by atoms with van der Waals surface area (Å²) in [5, 5.41) is 19.2. The number of hydrogen-bond donors (Lipinski definition) is 2. The molecule has 3 aromatic rings. The molecule has 0 amide bonds. The summed E-state index contributed by atoms with van der Waals surface area (Å²) in [6.45, 7) is 3.95. The van der Waals surface area contributed by atoms with Crippen LogP contribution in [0.2, 0.25) is 0 Å². The Morgan fingerprint density at radius 1 is 1.15 bits per heavy atom. The standard InChI is InChI=1S/C24H23F2N5O3/c1-14-29-21(31-6-8-33-9-7-31)11-22(30-14)34-20-10-15(12-27)2-3-16(20)17-4-5-18(19(32)13-28)24(26)23(17)25/h2-5,10-11,19,32H,6-9,13,28H2,1H3. The lowest BCUT2D eigenvalue weighted by Crippen LogP contribution is -2.36. The highest BCUT2D eigenvalue weighted by molar-refractivity contribution is 5.73. The SMILES string of the molecule is Cc1nc(Oc2cc(C#N)ccc2-c2ccc(C(O)CN)c(F)c2F)cc(N2CCOCC2)n1. The van der Waals surface area contributed by atoms with Gasteiger partial charge < -0.3 is 25.2 Å². The molecule has 0 spiro atoms. The Labute approximate surface area is 195 Å².